The minimum Gasteiger partial charge on any atom is -0.495 e. The van der Waals surface area contributed by atoms with Gasteiger partial charge in [-0.05, 0) is 28.1 Å². The average Bonchev–Trinajstić information content (AvgIpc) is 2.33. The molecule has 0 radical (unpaired) electrons. The van der Waals surface area contributed by atoms with Crippen molar-refractivity contribution in [2.45, 2.75) is 19.0 Å². The van der Waals surface area contributed by atoms with Crippen LogP contribution in [0.2, 0.25) is 5.02 Å². The minimum absolute atomic E-state index is 0.0266. The highest BCUT2D eigenvalue weighted by molar-refractivity contribution is 9.10. The number of hydrogen-bond donors (Lipinski definition) is 1. The highest BCUT2D eigenvalue weighted by atomic mass is 79.9. The predicted octanol–water partition coefficient (Wildman–Crippen LogP) is 3.82. The first-order chi connectivity index (χ1) is 8.95. The summed E-state index contributed by atoms with van der Waals surface area (Å²) in [6.07, 6.45) is -3.23. The molecule has 0 aromatic heterocycles. The Morgan fingerprint density at radius 1 is 1.42 bits per heavy atom. The molecule has 1 rings (SSSR count). The van der Waals surface area contributed by atoms with Gasteiger partial charge in [0.2, 0.25) is 0 Å². The molecule has 0 bridgehead atoms. The zero-order chi connectivity index (χ0) is 14.4. The lowest BCUT2D eigenvalue weighted by Gasteiger charge is -2.16. The molecule has 3 nitrogen and oxygen atoms in total. The molecule has 0 heterocycles. The van der Waals surface area contributed by atoms with Gasteiger partial charge < -0.3 is 14.6 Å². The molecule has 0 saturated heterocycles. The van der Waals surface area contributed by atoms with Crippen LogP contribution in [0.25, 0.3) is 0 Å². The first kappa shape index (κ1) is 16.6. The maximum Gasteiger partial charge on any atom is 0.261 e. The van der Waals surface area contributed by atoms with E-state index in [0.717, 1.165) is 0 Å². The fourth-order valence-electron chi connectivity index (χ4n) is 1.57. The minimum atomic E-state index is -2.51. The van der Waals surface area contributed by atoms with Crippen LogP contribution in [0.15, 0.2) is 16.6 Å². The first-order valence-electron chi connectivity index (χ1n) is 5.52. The lowest BCUT2D eigenvalue weighted by Crippen LogP contribution is -2.09. The second-order valence-corrected chi connectivity index (χ2v) is 5.07. The maximum absolute atomic E-state index is 11.9. The number of methoxy groups -OCH3 is 1. The van der Waals surface area contributed by atoms with Gasteiger partial charge in [0.05, 0.1) is 17.7 Å². The van der Waals surface area contributed by atoms with Crippen LogP contribution in [0.1, 0.15) is 18.1 Å². The molecule has 0 amide bonds. The fourth-order valence-corrected chi connectivity index (χ4v) is 2.56. The number of benzene rings is 1. The third kappa shape index (κ3) is 5.22. The summed E-state index contributed by atoms with van der Waals surface area (Å²) in [4.78, 5) is 0. The van der Waals surface area contributed by atoms with Crippen molar-refractivity contribution in [1.29, 1.82) is 0 Å². The summed E-state index contributed by atoms with van der Waals surface area (Å²) < 4.78 is 34.3. The second-order valence-electron chi connectivity index (χ2n) is 3.78. The van der Waals surface area contributed by atoms with E-state index < -0.39 is 19.1 Å². The van der Waals surface area contributed by atoms with Crippen molar-refractivity contribution in [3.05, 3.63) is 27.2 Å². The molecular weight excluding hydrogens is 345 g/mol. The Balaban J connectivity index is 2.68. The molecule has 0 spiro atoms. The molecule has 1 unspecified atom stereocenters. The quantitative estimate of drug-likeness (QED) is 0.752. The van der Waals surface area contributed by atoms with Gasteiger partial charge in [0, 0.05) is 23.6 Å². The van der Waals surface area contributed by atoms with E-state index in [9.17, 15) is 13.9 Å². The lowest BCUT2D eigenvalue weighted by atomic mass is 10.1. The third-order valence-electron chi connectivity index (χ3n) is 2.38. The second kappa shape index (κ2) is 7.99. The summed E-state index contributed by atoms with van der Waals surface area (Å²) in [5.74, 6) is 0.464. The number of hydrogen-bond acceptors (Lipinski definition) is 3. The summed E-state index contributed by atoms with van der Waals surface area (Å²) in [6.45, 7) is -0.609. The smallest absolute Gasteiger partial charge is 0.261 e. The van der Waals surface area contributed by atoms with Crippen LogP contribution in [-0.4, -0.2) is 31.9 Å². The molecule has 1 aromatic rings. The average molecular weight is 360 g/mol. The van der Waals surface area contributed by atoms with Crippen molar-refractivity contribution in [3.8, 4) is 5.75 Å². The van der Waals surface area contributed by atoms with Gasteiger partial charge in [0.25, 0.3) is 6.43 Å². The van der Waals surface area contributed by atoms with Gasteiger partial charge in [0.15, 0.2) is 0 Å². The van der Waals surface area contributed by atoms with Gasteiger partial charge in [-0.15, -0.1) is 0 Å². The largest absolute Gasteiger partial charge is 0.495 e. The Morgan fingerprint density at radius 3 is 2.68 bits per heavy atom. The standard InChI is InChI=1S/C12H14BrClF2O3/c1-18-12-8(4-7(14)5-9(12)13)10(17)2-3-19-6-11(15)16/h4-5,10-11,17H,2-3,6H2,1H3. The highest BCUT2D eigenvalue weighted by Crippen LogP contribution is 2.36. The molecular formula is C12H14BrClF2O3. The normalized spacial score (nSPS) is 12.8. The van der Waals surface area contributed by atoms with Crippen LogP contribution in [-0.2, 0) is 4.74 Å². The number of ether oxygens (including phenoxy) is 2. The van der Waals surface area contributed by atoms with E-state index in [1.165, 1.54) is 7.11 Å². The van der Waals surface area contributed by atoms with Gasteiger partial charge >= 0.3 is 0 Å². The number of aliphatic hydroxyl groups is 1. The Bertz CT molecular complexity index is 418. The number of rotatable bonds is 7. The van der Waals surface area contributed by atoms with E-state index in [1.807, 2.05) is 0 Å². The van der Waals surface area contributed by atoms with Crippen LogP contribution >= 0.6 is 27.5 Å². The Kier molecular flexibility index (Phi) is 6.99. The molecule has 0 aliphatic rings. The summed E-state index contributed by atoms with van der Waals surface area (Å²) in [6, 6.07) is 3.22. The van der Waals surface area contributed by atoms with E-state index in [-0.39, 0.29) is 13.0 Å². The van der Waals surface area contributed by atoms with Gasteiger partial charge in [-0.25, -0.2) is 8.78 Å². The topological polar surface area (TPSA) is 38.7 Å². The van der Waals surface area contributed by atoms with Crippen molar-refractivity contribution < 1.29 is 23.4 Å². The molecule has 1 atom stereocenters. The Labute approximate surface area is 123 Å². The van der Waals surface area contributed by atoms with Gasteiger partial charge in [0.1, 0.15) is 12.4 Å². The van der Waals surface area contributed by atoms with Crippen molar-refractivity contribution in [2.75, 3.05) is 20.3 Å². The summed E-state index contributed by atoms with van der Waals surface area (Å²) >= 11 is 9.18. The van der Waals surface area contributed by atoms with Crippen molar-refractivity contribution in [2.24, 2.45) is 0 Å². The summed E-state index contributed by atoms with van der Waals surface area (Å²) in [7, 11) is 1.47. The van der Waals surface area contributed by atoms with E-state index in [2.05, 4.69) is 15.9 Å². The van der Waals surface area contributed by atoms with Crippen molar-refractivity contribution in [1.82, 2.24) is 0 Å². The van der Waals surface area contributed by atoms with Crippen molar-refractivity contribution >= 4 is 27.5 Å². The molecule has 7 heteroatoms. The third-order valence-corrected chi connectivity index (χ3v) is 3.19. The predicted molar refractivity (Wildman–Crippen MR) is 72.1 cm³/mol. The van der Waals surface area contributed by atoms with Crippen LogP contribution < -0.4 is 4.74 Å². The molecule has 108 valence electrons. The molecule has 1 aromatic carbocycles. The summed E-state index contributed by atoms with van der Waals surface area (Å²) in [5, 5.41) is 10.5. The van der Waals surface area contributed by atoms with Crippen LogP contribution in [0.5, 0.6) is 5.75 Å². The number of alkyl halides is 2. The van der Waals surface area contributed by atoms with E-state index in [1.54, 1.807) is 12.1 Å². The molecule has 0 saturated carbocycles. The van der Waals surface area contributed by atoms with Crippen LogP contribution in [0.3, 0.4) is 0 Å². The molecule has 19 heavy (non-hydrogen) atoms. The van der Waals surface area contributed by atoms with Crippen molar-refractivity contribution in [3.63, 3.8) is 0 Å². The Hall–Kier alpha value is -0.430. The molecule has 0 aliphatic carbocycles. The maximum atomic E-state index is 11.9. The SMILES string of the molecule is COc1c(Br)cc(Cl)cc1C(O)CCOCC(F)F. The fraction of sp³-hybridized carbons (Fsp3) is 0.500. The van der Waals surface area contributed by atoms with E-state index >= 15 is 0 Å². The van der Waals surface area contributed by atoms with Crippen LogP contribution in [0, 0.1) is 0 Å². The first-order valence-corrected chi connectivity index (χ1v) is 6.69. The Morgan fingerprint density at radius 2 is 2.11 bits per heavy atom. The van der Waals surface area contributed by atoms with Gasteiger partial charge in [-0.3, -0.25) is 0 Å². The van der Waals surface area contributed by atoms with Gasteiger partial charge in [-0.1, -0.05) is 11.6 Å². The zero-order valence-electron chi connectivity index (χ0n) is 10.2. The lowest BCUT2D eigenvalue weighted by molar-refractivity contribution is 0.00459. The monoisotopic (exact) mass is 358 g/mol. The van der Waals surface area contributed by atoms with Crippen LogP contribution in [0.4, 0.5) is 8.78 Å². The van der Waals surface area contributed by atoms with Gasteiger partial charge in [-0.2, -0.15) is 0 Å². The summed E-state index contributed by atoms with van der Waals surface area (Å²) in [5.41, 5.74) is 0.488. The van der Waals surface area contributed by atoms with E-state index in [4.69, 9.17) is 21.1 Å². The number of halogens is 4. The molecule has 0 aliphatic heterocycles. The number of aliphatic hydroxyl groups excluding tert-OH is 1. The van der Waals surface area contributed by atoms with E-state index in [0.29, 0.717) is 20.8 Å². The molecule has 1 N–H and O–H groups in total. The molecule has 0 fully saturated rings. The highest BCUT2D eigenvalue weighted by Gasteiger charge is 2.17. The zero-order valence-corrected chi connectivity index (χ0v) is 12.5.